The van der Waals surface area contributed by atoms with Crippen LogP contribution in [0.3, 0.4) is 0 Å². The van der Waals surface area contributed by atoms with Crippen molar-refractivity contribution < 1.29 is 0 Å². The highest BCUT2D eigenvalue weighted by Crippen LogP contribution is 2.30. The zero-order valence-electron chi connectivity index (χ0n) is 9.54. The molecule has 0 unspecified atom stereocenters. The average Bonchev–Trinajstić information content (AvgIpc) is 2.33. The van der Waals surface area contributed by atoms with E-state index in [4.69, 9.17) is 11.6 Å². The lowest BCUT2D eigenvalue weighted by molar-refractivity contribution is 1.10. The molecule has 2 aromatic rings. The highest BCUT2D eigenvalue weighted by Gasteiger charge is 2.09. The molecule has 0 bridgehead atoms. The van der Waals surface area contributed by atoms with Gasteiger partial charge < -0.3 is 5.32 Å². The first-order valence-electron chi connectivity index (χ1n) is 5.33. The maximum Gasteiger partial charge on any atom is 0.162 e. The van der Waals surface area contributed by atoms with Crippen molar-refractivity contribution in [2.24, 2.45) is 0 Å². The van der Waals surface area contributed by atoms with E-state index < -0.39 is 0 Å². The molecule has 0 radical (unpaired) electrons. The summed E-state index contributed by atoms with van der Waals surface area (Å²) in [5.74, 6) is 1.43. The van der Waals surface area contributed by atoms with Crippen molar-refractivity contribution in [1.82, 2.24) is 9.97 Å². The SMILES string of the molecule is CCNc1nc(-c2ccc(Cl)cc2Br)ncc1Br. The predicted molar refractivity (Wildman–Crippen MR) is 82.0 cm³/mol. The van der Waals surface area contributed by atoms with Gasteiger partial charge in [-0.15, -0.1) is 0 Å². The summed E-state index contributed by atoms with van der Waals surface area (Å²) >= 11 is 12.8. The van der Waals surface area contributed by atoms with Crippen LogP contribution in [0.1, 0.15) is 6.92 Å². The van der Waals surface area contributed by atoms with Crippen molar-refractivity contribution in [1.29, 1.82) is 0 Å². The van der Waals surface area contributed by atoms with Crippen LogP contribution in [0.5, 0.6) is 0 Å². The van der Waals surface area contributed by atoms with Gasteiger partial charge in [0.25, 0.3) is 0 Å². The van der Waals surface area contributed by atoms with Crippen LogP contribution in [0.25, 0.3) is 11.4 Å². The molecule has 94 valence electrons. The molecule has 1 heterocycles. The zero-order chi connectivity index (χ0) is 13.1. The smallest absolute Gasteiger partial charge is 0.162 e. The number of hydrogen-bond donors (Lipinski definition) is 1. The molecule has 1 aromatic heterocycles. The van der Waals surface area contributed by atoms with E-state index in [0.29, 0.717) is 10.8 Å². The number of nitrogens with zero attached hydrogens (tertiary/aromatic N) is 2. The first kappa shape index (κ1) is 13.8. The fraction of sp³-hybridized carbons (Fsp3) is 0.167. The van der Waals surface area contributed by atoms with Gasteiger partial charge in [-0.1, -0.05) is 11.6 Å². The molecule has 0 aliphatic rings. The van der Waals surface area contributed by atoms with Gasteiger partial charge in [-0.2, -0.15) is 0 Å². The van der Waals surface area contributed by atoms with Crippen LogP contribution in [-0.4, -0.2) is 16.5 Å². The number of hydrogen-bond acceptors (Lipinski definition) is 3. The molecule has 1 aromatic carbocycles. The van der Waals surface area contributed by atoms with Crippen LogP contribution in [-0.2, 0) is 0 Å². The second-order valence-electron chi connectivity index (χ2n) is 3.54. The van der Waals surface area contributed by atoms with Crippen molar-refractivity contribution in [2.75, 3.05) is 11.9 Å². The summed E-state index contributed by atoms with van der Waals surface area (Å²) in [5, 5.41) is 3.85. The van der Waals surface area contributed by atoms with Crippen LogP contribution in [0.2, 0.25) is 5.02 Å². The van der Waals surface area contributed by atoms with Crippen molar-refractivity contribution >= 4 is 49.3 Å². The van der Waals surface area contributed by atoms with Gasteiger partial charge in [0.05, 0.1) is 4.47 Å². The number of benzene rings is 1. The van der Waals surface area contributed by atoms with Crippen molar-refractivity contribution in [3.8, 4) is 11.4 Å². The molecule has 1 N–H and O–H groups in total. The molecule has 0 spiro atoms. The van der Waals surface area contributed by atoms with Gasteiger partial charge in [-0.3, -0.25) is 0 Å². The van der Waals surface area contributed by atoms with Gasteiger partial charge in [0, 0.05) is 27.8 Å². The van der Waals surface area contributed by atoms with Crippen LogP contribution < -0.4 is 5.32 Å². The second kappa shape index (κ2) is 5.99. The fourth-order valence-corrected chi connectivity index (χ4v) is 2.65. The normalized spacial score (nSPS) is 10.4. The molecule has 0 aliphatic carbocycles. The van der Waals surface area contributed by atoms with E-state index in [0.717, 1.165) is 26.9 Å². The molecular formula is C12H10Br2ClN3. The van der Waals surface area contributed by atoms with E-state index in [-0.39, 0.29) is 0 Å². The Bertz CT molecular complexity index is 575. The molecule has 0 saturated carbocycles. The standard InChI is InChI=1S/C12H10Br2ClN3/c1-2-16-12-10(14)6-17-11(18-12)8-4-3-7(15)5-9(8)13/h3-6H,2H2,1H3,(H,16,17,18). The van der Waals surface area contributed by atoms with Crippen LogP contribution in [0.4, 0.5) is 5.82 Å². The van der Waals surface area contributed by atoms with E-state index in [2.05, 4.69) is 47.1 Å². The average molecular weight is 391 g/mol. The molecule has 6 heteroatoms. The lowest BCUT2D eigenvalue weighted by Crippen LogP contribution is -2.02. The Hall–Kier alpha value is -0.650. The summed E-state index contributed by atoms with van der Waals surface area (Å²) in [6, 6.07) is 5.54. The summed E-state index contributed by atoms with van der Waals surface area (Å²) in [4.78, 5) is 8.79. The molecule has 0 aliphatic heterocycles. The minimum atomic E-state index is 0.651. The van der Waals surface area contributed by atoms with E-state index in [1.54, 1.807) is 6.20 Å². The van der Waals surface area contributed by atoms with Crippen molar-refractivity contribution in [3.63, 3.8) is 0 Å². The molecule has 3 nitrogen and oxygen atoms in total. The van der Waals surface area contributed by atoms with Crippen LogP contribution in [0.15, 0.2) is 33.3 Å². The molecule has 0 amide bonds. The van der Waals surface area contributed by atoms with Gasteiger partial charge in [0.2, 0.25) is 0 Å². The Morgan fingerprint density at radius 2 is 2.06 bits per heavy atom. The molecular weight excluding hydrogens is 381 g/mol. The quantitative estimate of drug-likeness (QED) is 0.820. The van der Waals surface area contributed by atoms with Gasteiger partial charge in [0.15, 0.2) is 5.82 Å². The Balaban J connectivity index is 2.47. The summed E-state index contributed by atoms with van der Waals surface area (Å²) in [5.41, 5.74) is 0.908. The first-order valence-corrected chi connectivity index (χ1v) is 7.30. The maximum atomic E-state index is 5.92. The molecule has 2 rings (SSSR count). The van der Waals surface area contributed by atoms with Gasteiger partial charge in [-0.25, -0.2) is 9.97 Å². The molecule has 0 saturated heterocycles. The van der Waals surface area contributed by atoms with Crippen molar-refractivity contribution in [2.45, 2.75) is 6.92 Å². The maximum absolute atomic E-state index is 5.92. The number of nitrogens with one attached hydrogen (secondary N) is 1. The largest absolute Gasteiger partial charge is 0.369 e. The zero-order valence-corrected chi connectivity index (χ0v) is 13.5. The summed E-state index contributed by atoms with van der Waals surface area (Å²) in [7, 11) is 0. The number of rotatable bonds is 3. The lowest BCUT2D eigenvalue weighted by Gasteiger charge is -2.08. The highest BCUT2D eigenvalue weighted by atomic mass is 79.9. The predicted octanol–water partition coefficient (Wildman–Crippen LogP) is 4.75. The monoisotopic (exact) mass is 389 g/mol. The van der Waals surface area contributed by atoms with Gasteiger partial charge in [-0.05, 0) is 57.0 Å². The highest BCUT2D eigenvalue weighted by molar-refractivity contribution is 9.11. The third-order valence-corrected chi connectivity index (χ3v) is 3.73. The number of aromatic nitrogens is 2. The van der Waals surface area contributed by atoms with E-state index in [1.807, 2.05) is 25.1 Å². The van der Waals surface area contributed by atoms with E-state index in [1.165, 1.54) is 0 Å². The Morgan fingerprint density at radius 1 is 1.28 bits per heavy atom. The topological polar surface area (TPSA) is 37.8 Å². The minimum Gasteiger partial charge on any atom is -0.369 e. The van der Waals surface area contributed by atoms with E-state index >= 15 is 0 Å². The Kier molecular flexibility index (Phi) is 4.59. The second-order valence-corrected chi connectivity index (χ2v) is 5.69. The van der Waals surface area contributed by atoms with Crippen molar-refractivity contribution in [3.05, 3.63) is 38.4 Å². The number of anilines is 1. The summed E-state index contributed by atoms with van der Waals surface area (Å²) in [6.45, 7) is 2.82. The van der Waals surface area contributed by atoms with E-state index in [9.17, 15) is 0 Å². The van der Waals surface area contributed by atoms with Gasteiger partial charge >= 0.3 is 0 Å². The minimum absolute atomic E-state index is 0.651. The van der Waals surface area contributed by atoms with Gasteiger partial charge in [0.1, 0.15) is 5.82 Å². The third-order valence-electron chi connectivity index (χ3n) is 2.26. The van der Waals surface area contributed by atoms with Crippen LogP contribution in [0, 0.1) is 0 Å². The Morgan fingerprint density at radius 3 is 2.72 bits per heavy atom. The number of halogens is 3. The fourth-order valence-electron chi connectivity index (χ4n) is 1.46. The van der Waals surface area contributed by atoms with Crippen LogP contribution >= 0.6 is 43.5 Å². The lowest BCUT2D eigenvalue weighted by atomic mass is 10.2. The molecule has 18 heavy (non-hydrogen) atoms. The summed E-state index contributed by atoms with van der Waals surface area (Å²) < 4.78 is 1.72. The third kappa shape index (κ3) is 3.02. The Labute approximate surface area is 127 Å². The molecule has 0 fully saturated rings. The summed E-state index contributed by atoms with van der Waals surface area (Å²) in [6.07, 6.45) is 1.74. The first-order chi connectivity index (χ1) is 8.61. The molecule has 0 atom stereocenters.